The van der Waals surface area contributed by atoms with Crippen molar-refractivity contribution in [2.75, 3.05) is 0 Å². The maximum Gasteiger partial charge on any atom is 0.262 e. The Bertz CT molecular complexity index is 487. The molecule has 0 aliphatic carbocycles. The van der Waals surface area contributed by atoms with Crippen LogP contribution in [0.25, 0.3) is 0 Å². The fraction of sp³-hybridized carbons (Fsp3) is 0.231. The second-order valence-electron chi connectivity index (χ2n) is 3.60. The molecule has 0 unspecified atom stereocenters. The number of imide groups is 1. The van der Waals surface area contributed by atoms with Crippen LogP contribution in [-0.4, -0.2) is 22.8 Å². The van der Waals surface area contributed by atoms with E-state index in [1.54, 1.807) is 38.1 Å². The van der Waals surface area contributed by atoms with Gasteiger partial charge in [-0.1, -0.05) is 18.1 Å². The molecule has 0 N–H and O–H groups in total. The first-order valence-corrected chi connectivity index (χ1v) is 5.06. The highest BCUT2D eigenvalue weighted by Gasteiger charge is 2.37. The van der Waals surface area contributed by atoms with Gasteiger partial charge in [-0.15, -0.1) is 5.92 Å². The number of carbonyl (C=O) groups is 2. The number of benzene rings is 1. The maximum absolute atomic E-state index is 12.0. The molecule has 1 atom stereocenters. The number of carbonyl (C=O) groups excluding carboxylic acids is 2. The predicted molar refractivity (Wildman–Crippen MR) is 59.9 cm³/mol. The highest BCUT2D eigenvalue weighted by atomic mass is 16.2. The zero-order chi connectivity index (χ0) is 11.7. The van der Waals surface area contributed by atoms with Crippen molar-refractivity contribution in [1.82, 2.24) is 4.90 Å². The van der Waals surface area contributed by atoms with Crippen LogP contribution in [0.5, 0.6) is 0 Å². The largest absolute Gasteiger partial charge is 0.269 e. The second kappa shape index (κ2) is 3.82. The maximum atomic E-state index is 12.0. The van der Waals surface area contributed by atoms with Gasteiger partial charge in [-0.25, -0.2) is 0 Å². The SMILES string of the molecule is CC#C[C@H](C)N1C(=O)c2ccccc2C1=O. The lowest BCUT2D eigenvalue weighted by Gasteiger charge is -2.17. The van der Waals surface area contributed by atoms with E-state index in [1.165, 1.54) is 4.90 Å². The Morgan fingerprint density at radius 2 is 1.62 bits per heavy atom. The van der Waals surface area contributed by atoms with Crippen molar-refractivity contribution in [2.24, 2.45) is 0 Å². The Labute approximate surface area is 94.1 Å². The molecule has 0 saturated carbocycles. The zero-order valence-corrected chi connectivity index (χ0v) is 9.15. The molecule has 80 valence electrons. The summed E-state index contributed by atoms with van der Waals surface area (Å²) in [7, 11) is 0. The molecular weight excluding hydrogens is 202 g/mol. The van der Waals surface area contributed by atoms with E-state index in [-0.39, 0.29) is 17.9 Å². The Balaban J connectivity index is 2.45. The molecule has 16 heavy (non-hydrogen) atoms. The lowest BCUT2D eigenvalue weighted by atomic mass is 10.1. The standard InChI is InChI=1S/C13H11NO2/c1-3-6-9(2)14-12(15)10-7-4-5-8-11(10)13(14)16/h4-5,7-9H,1-2H3/t9-/m0/s1. The molecular formula is C13H11NO2. The van der Waals surface area contributed by atoms with Gasteiger partial charge >= 0.3 is 0 Å². The molecule has 1 aliphatic heterocycles. The Hall–Kier alpha value is -2.08. The molecule has 0 aromatic heterocycles. The first kappa shape index (κ1) is 10.4. The molecule has 0 radical (unpaired) electrons. The number of hydrogen-bond acceptors (Lipinski definition) is 2. The summed E-state index contributed by atoms with van der Waals surface area (Å²) in [5, 5.41) is 0. The van der Waals surface area contributed by atoms with Crippen molar-refractivity contribution in [2.45, 2.75) is 19.9 Å². The molecule has 0 bridgehead atoms. The second-order valence-corrected chi connectivity index (χ2v) is 3.60. The summed E-state index contributed by atoms with van der Waals surface area (Å²) in [6, 6.07) is 6.47. The summed E-state index contributed by atoms with van der Waals surface area (Å²) in [5.41, 5.74) is 0.939. The van der Waals surface area contributed by atoms with Crippen molar-refractivity contribution in [1.29, 1.82) is 0 Å². The third-order valence-corrected chi connectivity index (χ3v) is 2.57. The van der Waals surface area contributed by atoms with Crippen LogP contribution in [-0.2, 0) is 0 Å². The van der Waals surface area contributed by atoms with Gasteiger partial charge in [0, 0.05) is 0 Å². The zero-order valence-electron chi connectivity index (χ0n) is 9.15. The van der Waals surface area contributed by atoms with Crippen LogP contribution >= 0.6 is 0 Å². The molecule has 1 heterocycles. The topological polar surface area (TPSA) is 37.4 Å². The molecule has 2 rings (SSSR count). The molecule has 3 nitrogen and oxygen atoms in total. The average molecular weight is 213 g/mol. The minimum atomic E-state index is -0.377. The molecule has 0 spiro atoms. The van der Waals surface area contributed by atoms with E-state index in [0.29, 0.717) is 11.1 Å². The van der Waals surface area contributed by atoms with Crippen molar-refractivity contribution in [3.8, 4) is 11.8 Å². The van der Waals surface area contributed by atoms with Gasteiger partial charge in [-0.3, -0.25) is 14.5 Å². The minimum Gasteiger partial charge on any atom is -0.269 e. The number of rotatable bonds is 1. The van der Waals surface area contributed by atoms with E-state index in [9.17, 15) is 9.59 Å². The average Bonchev–Trinajstić information content (AvgIpc) is 2.53. The van der Waals surface area contributed by atoms with Crippen LogP contribution in [0, 0.1) is 11.8 Å². The van der Waals surface area contributed by atoms with Crippen LogP contribution < -0.4 is 0 Å². The normalized spacial score (nSPS) is 15.5. The molecule has 0 saturated heterocycles. The van der Waals surface area contributed by atoms with Gasteiger partial charge < -0.3 is 0 Å². The van der Waals surface area contributed by atoms with Crippen molar-refractivity contribution in [3.05, 3.63) is 35.4 Å². The molecule has 0 fully saturated rings. The van der Waals surface area contributed by atoms with E-state index in [2.05, 4.69) is 11.8 Å². The molecule has 3 heteroatoms. The lowest BCUT2D eigenvalue weighted by Crippen LogP contribution is -2.37. The number of hydrogen-bond donors (Lipinski definition) is 0. The lowest BCUT2D eigenvalue weighted by molar-refractivity contribution is 0.0630. The van der Waals surface area contributed by atoms with Gasteiger partial charge in [0.05, 0.1) is 17.2 Å². The molecule has 2 amide bonds. The third-order valence-electron chi connectivity index (χ3n) is 2.57. The van der Waals surface area contributed by atoms with Crippen LogP contribution in [0.4, 0.5) is 0 Å². The van der Waals surface area contributed by atoms with Crippen LogP contribution in [0.1, 0.15) is 34.6 Å². The van der Waals surface area contributed by atoms with Gasteiger partial charge in [-0.2, -0.15) is 0 Å². The van der Waals surface area contributed by atoms with Gasteiger partial charge in [0.25, 0.3) is 11.8 Å². The summed E-state index contributed by atoms with van der Waals surface area (Å²) in [6.45, 7) is 3.44. The third kappa shape index (κ3) is 1.40. The van der Waals surface area contributed by atoms with Crippen LogP contribution in [0.3, 0.4) is 0 Å². The van der Waals surface area contributed by atoms with Gasteiger partial charge in [0.1, 0.15) is 0 Å². The van der Waals surface area contributed by atoms with E-state index in [0.717, 1.165) is 0 Å². The molecule has 1 aromatic carbocycles. The number of nitrogens with zero attached hydrogens (tertiary/aromatic N) is 1. The summed E-state index contributed by atoms with van der Waals surface area (Å²) >= 11 is 0. The van der Waals surface area contributed by atoms with E-state index in [4.69, 9.17) is 0 Å². The highest BCUT2D eigenvalue weighted by Crippen LogP contribution is 2.23. The summed E-state index contributed by atoms with van der Waals surface area (Å²) in [6.07, 6.45) is 0. The monoisotopic (exact) mass is 213 g/mol. The van der Waals surface area contributed by atoms with Crippen molar-refractivity contribution in [3.63, 3.8) is 0 Å². The first-order valence-electron chi connectivity index (χ1n) is 5.06. The van der Waals surface area contributed by atoms with Gasteiger partial charge in [0.2, 0.25) is 0 Å². The summed E-state index contributed by atoms with van der Waals surface area (Å²) in [4.78, 5) is 25.1. The van der Waals surface area contributed by atoms with E-state index >= 15 is 0 Å². The smallest absolute Gasteiger partial charge is 0.262 e. The molecule has 1 aromatic rings. The fourth-order valence-corrected chi connectivity index (χ4v) is 1.83. The number of fused-ring (bicyclic) bond motifs is 1. The highest BCUT2D eigenvalue weighted by molar-refractivity contribution is 6.21. The quantitative estimate of drug-likeness (QED) is 0.526. The Kier molecular flexibility index (Phi) is 2.49. The van der Waals surface area contributed by atoms with E-state index < -0.39 is 0 Å². The van der Waals surface area contributed by atoms with Gasteiger partial charge in [-0.05, 0) is 26.0 Å². The number of amides is 2. The van der Waals surface area contributed by atoms with Gasteiger partial charge in [0.15, 0.2) is 0 Å². The summed E-state index contributed by atoms with van der Waals surface area (Å²) < 4.78 is 0. The summed E-state index contributed by atoms with van der Waals surface area (Å²) in [5.74, 6) is 5.03. The predicted octanol–water partition coefficient (Wildman–Crippen LogP) is 1.69. The van der Waals surface area contributed by atoms with E-state index in [1.807, 2.05) is 0 Å². The van der Waals surface area contributed by atoms with Crippen molar-refractivity contribution < 1.29 is 9.59 Å². The molecule has 1 aliphatic rings. The Morgan fingerprint density at radius 1 is 1.12 bits per heavy atom. The van der Waals surface area contributed by atoms with Crippen LogP contribution in [0.2, 0.25) is 0 Å². The van der Waals surface area contributed by atoms with Crippen LogP contribution in [0.15, 0.2) is 24.3 Å². The van der Waals surface area contributed by atoms with Crippen molar-refractivity contribution >= 4 is 11.8 Å². The minimum absolute atomic E-state index is 0.254. The fourth-order valence-electron chi connectivity index (χ4n) is 1.83. The Morgan fingerprint density at radius 3 is 2.06 bits per heavy atom. The first-order chi connectivity index (χ1) is 7.66.